The molecule has 0 aromatic carbocycles. The number of fused-ring (bicyclic) bond motifs is 1. The number of nitrogens with zero attached hydrogens (tertiary/aromatic N) is 1. The maximum Gasteiger partial charge on any atom is 0.260 e. The number of carbonyl (C=O) groups excluding carboxylic acids is 2. The molecule has 0 atom stereocenters. The Hall–Kier alpha value is -2.37. The maximum atomic E-state index is 12.0. The van der Waals surface area contributed by atoms with E-state index in [1.807, 2.05) is 0 Å². The van der Waals surface area contributed by atoms with Crippen molar-refractivity contribution in [1.82, 2.24) is 10.2 Å². The molecule has 1 aliphatic carbocycles. The number of Topliss-reactive ketones (excluding diaryl/α,β-unsaturated/α-hetero) is 1. The van der Waals surface area contributed by atoms with Crippen LogP contribution in [0, 0.1) is 0 Å². The monoisotopic (exact) mass is 245 g/mol. The fourth-order valence-corrected chi connectivity index (χ4v) is 2.10. The molecule has 0 unspecified atom stereocenters. The number of ketones is 1. The molecule has 0 saturated heterocycles. The van der Waals surface area contributed by atoms with Crippen LogP contribution in [0.5, 0.6) is 0 Å². The summed E-state index contributed by atoms with van der Waals surface area (Å²) in [5.74, 6) is 0.707. The zero-order valence-electron chi connectivity index (χ0n) is 9.53. The number of hydrogen-bond acceptors (Lipinski definition) is 4. The van der Waals surface area contributed by atoms with E-state index in [2.05, 4.69) is 15.5 Å². The van der Waals surface area contributed by atoms with E-state index in [0.717, 1.165) is 6.42 Å². The van der Waals surface area contributed by atoms with E-state index in [4.69, 9.17) is 4.42 Å². The molecular weight excluding hydrogens is 234 g/mol. The second-order valence-corrected chi connectivity index (χ2v) is 4.15. The van der Waals surface area contributed by atoms with Crippen molar-refractivity contribution in [3.8, 4) is 0 Å². The minimum atomic E-state index is -0.362. The van der Waals surface area contributed by atoms with Crippen LogP contribution in [0.2, 0.25) is 0 Å². The second kappa shape index (κ2) is 4.14. The molecule has 0 aliphatic heterocycles. The van der Waals surface area contributed by atoms with Gasteiger partial charge in [-0.15, -0.1) is 0 Å². The van der Waals surface area contributed by atoms with Crippen molar-refractivity contribution in [1.29, 1.82) is 0 Å². The van der Waals surface area contributed by atoms with Crippen LogP contribution >= 0.6 is 0 Å². The fourth-order valence-electron chi connectivity index (χ4n) is 2.10. The molecule has 3 rings (SSSR count). The molecule has 2 N–H and O–H groups in total. The van der Waals surface area contributed by atoms with Crippen LogP contribution in [-0.2, 0) is 6.42 Å². The van der Waals surface area contributed by atoms with Gasteiger partial charge in [-0.2, -0.15) is 5.10 Å². The highest BCUT2D eigenvalue weighted by molar-refractivity contribution is 6.13. The Morgan fingerprint density at radius 3 is 3.11 bits per heavy atom. The van der Waals surface area contributed by atoms with E-state index in [9.17, 15) is 9.59 Å². The van der Waals surface area contributed by atoms with Crippen molar-refractivity contribution in [3.05, 3.63) is 35.4 Å². The maximum absolute atomic E-state index is 12.0. The van der Waals surface area contributed by atoms with Gasteiger partial charge >= 0.3 is 0 Å². The summed E-state index contributed by atoms with van der Waals surface area (Å²) >= 11 is 0. The molecule has 0 fully saturated rings. The van der Waals surface area contributed by atoms with Gasteiger partial charge in [0.25, 0.3) is 5.91 Å². The summed E-state index contributed by atoms with van der Waals surface area (Å²) < 4.78 is 5.29. The third-order valence-electron chi connectivity index (χ3n) is 2.95. The zero-order valence-corrected chi connectivity index (χ0v) is 9.53. The third kappa shape index (κ3) is 1.71. The molecule has 18 heavy (non-hydrogen) atoms. The highest BCUT2D eigenvalue weighted by Gasteiger charge is 2.27. The standard InChI is InChI=1S/C12H11N3O3/c16-8-2-1-3-9-11(8)7(6-18-9)12(17)14-10-4-5-13-15-10/h4-6H,1-3H2,(H2,13,14,15,17). The lowest BCUT2D eigenvalue weighted by atomic mass is 9.94. The van der Waals surface area contributed by atoms with Gasteiger partial charge in [-0.05, 0) is 6.42 Å². The van der Waals surface area contributed by atoms with Gasteiger partial charge in [0, 0.05) is 18.9 Å². The number of aryl methyl sites for hydroxylation is 1. The number of aromatic nitrogens is 2. The summed E-state index contributed by atoms with van der Waals surface area (Å²) in [6.45, 7) is 0. The fraction of sp³-hybridized carbons (Fsp3) is 0.250. The largest absolute Gasteiger partial charge is 0.468 e. The topological polar surface area (TPSA) is 88.0 Å². The molecule has 0 radical (unpaired) electrons. The van der Waals surface area contributed by atoms with E-state index in [-0.39, 0.29) is 11.7 Å². The van der Waals surface area contributed by atoms with Crippen LogP contribution < -0.4 is 5.32 Å². The first-order valence-corrected chi connectivity index (χ1v) is 5.70. The molecule has 1 aliphatic rings. The van der Waals surface area contributed by atoms with Crippen molar-refractivity contribution < 1.29 is 14.0 Å². The number of aromatic amines is 1. The van der Waals surface area contributed by atoms with E-state index in [1.165, 1.54) is 12.5 Å². The van der Waals surface area contributed by atoms with Crippen LogP contribution in [0.4, 0.5) is 5.82 Å². The van der Waals surface area contributed by atoms with E-state index in [1.54, 1.807) is 6.07 Å². The van der Waals surface area contributed by atoms with E-state index in [0.29, 0.717) is 35.5 Å². The Balaban J connectivity index is 1.91. The van der Waals surface area contributed by atoms with Gasteiger partial charge in [0.05, 0.1) is 17.3 Å². The van der Waals surface area contributed by atoms with E-state index < -0.39 is 0 Å². The van der Waals surface area contributed by atoms with Crippen LogP contribution in [0.25, 0.3) is 0 Å². The van der Waals surface area contributed by atoms with Gasteiger partial charge in [-0.3, -0.25) is 14.7 Å². The predicted molar refractivity (Wildman–Crippen MR) is 62.5 cm³/mol. The van der Waals surface area contributed by atoms with Crippen LogP contribution in [0.3, 0.4) is 0 Å². The van der Waals surface area contributed by atoms with Crippen LogP contribution in [-0.4, -0.2) is 21.9 Å². The number of rotatable bonds is 2. The number of carbonyl (C=O) groups is 2. The van der Waals surface area contributed by atoms with Gasteiger partial charge in [0.15, 0.2) is 5.78 Å². The molecule has 1 amide bonds. The van der Waals surface area contributed by atoms with Crippen LogP contribution in [0.1, 0.15) is 39.3 Å². The average molecular weight is 245 g/mol. The molecule has 92 valence electrons. The Labute approximate surface area is 102 Å². The number of hydrogen-bond donors (Lipinski definition) is 2. The molecule has 2 aromatic rings. The molecule has 6 nitrogen and oxygen atoms in total. The summed E-state index contributed by atoms with van der Waals surface area (Å²) in [7, 11) is 0. The van der Waals surface area contributed by atoms with Crippen molar-refractivity contribution in [3.63, 3.8) is 0 Å². The number of amides is 1. The predicted octanol–water partition coefficient (Wildman–Crippen LogP) is 1.77. The van der Waals surface area contributed by atoms with E-state index >= 15 is 0 Å². The summed E-state index contributed by atoms with van der Waals surface area (Å²) in [5.41, 5.74) is 0.725. The zero-order chi connectivity index (χ0) is 12.5. The van der Waals surface area contributed by atoms with Crippen LogP contribution in [0.15, 0.2) is 22.9 Å². The Kier molecular flexibility index (Phi) is 2.47. The second-order valence-electron chi connectivity index (χ2n) is 4.15. The minimum Gasteiger partial charge on any atom is -0.468 e. The quantitative estimate of drug-likeness (QED) is 0.844. The van der Waals surface area contributed by atoms with Gasteiger partial charge in [-0.25, -0.2) is 0 Å². The average Bonchev–Trinajstić information content (AvgIpc) is 2.97. The summed E-state index contributed by atoms with van der Waals surface area (Å²) in [6.07, 6.45) is 4.83. The smallest absolute Gasteiger partial charge is 0.260 e. The number of H-pyrrole nitrogens is 1. The molecule has 0 bridgehead atoms. The highest BCUT2D eigenvalue weighted by Crippen LogP contribution is 2.26. The normalized spacial score (nSPS) is 14.3. The first-order valence-electron chi connectivity index (χ1n) is 5.70. The molecule has 6 heteroatoms. The Bertz CT molecular complexity index is 598. The molecule has 2 heterocycles. The SMILES string of the molecule is O=C(Nc1ccn[nH]1)c1coc2c1C(=O)CCC2. The molecule has 2 aromatic heterocycles. The van der Waals surface area contributed by atoms with Gasteiger partial charge in [-0.1, -0.05) is 0 Å². The number of anilines is 1. The summed E-state index contributed by atoms with van der Waals surface area (Å²) in [6, 6.07) is 1.63. The number of furan rings is 1. The van der Waals surface area contributed by atoms with Gasteiger partial charge < -0.3 is 9.73 Å². The first-order chi connectivity index (χ1) is 8.75. The third-order valence-corrected chi connectivity index (χ3v) is 2.95. The van der Waals surface area contributed by atoms with Gasteiger partial charge in [0.1, 0.15) is 17.8 Å². The Morgan fingerprint density at radius 2 is 2.33 bits per heavy atom. The van der Waals surface area contributed by atoms with Crippen molar-refractivity contribution in [2.75, 3.05) is 5.32 Å². The molecular formula is C12H11N3O3. The van der Waals surface area contributed by atoms with Crippen molar-refractivity contribution in [2.45, 2.75) is 19.3 Å². The van der Waals surface area contributed by atoms with Crippen molar-refractivity contribution >= 4 is 17.5 Å². The van der Waals surface area contributed by atoms with Crippen molar-refractivity contribution in [2.24, 2.45) is 0 Å². The lowest BCUT2D eigenvalue weighted by Gasteiger charge is -2.09. The lowest BCUT2D eigenvalue weighted by molar-refractivity contribution is 0.0955. The molecule has 0 saturated carbocycles. The minimum absolute atomic E-state index is 0.0280. The summed E-state index contributed by atoms with van der Waals surface area (Å²) in [5, 5.41) is 8.98. The first kappa shape index (κ1) is 10.8. The number of nitrogens with one attached hydrogen (secondary N) is 2. The molecule has 0 spiro atoms. The Morgan fingerprint density at radius 1 is 1.44 bits per heavy atom. The van der Waals surface area contributed by atoms with Gasteiger partial charge in [0.2, 0.25) is 0 Å². The highest BCUT2D eigenvalue weighted by atomic mass is 16.3. The summed E-state index contributed by atoms with van der Waals surface area (Å²) in [4.78, 5) is 23.8. The lowest BCUT2D eigenvalue weighted by Crippen LogP contribution is -2.18.